The highest BCUT2D eigenvalue weighted by Gasteiger charge is 2.53. The monoisotopic (exact) mass is 212 g/mol. The topological polar surface area (TPSA) is 57.7 Å². The molecule has 0 N–H and O–H groups in total. The second-order valence-corrected chi connectivity index (χ2v) is 4.37. The second kappa shape index (κ2) is 3.32. The van der Waals surface area contributed by atoms with Crippen LogP contribution in [0.25, 0.3) is 0 Å². The largest absolute Gasteiger partial charge is 0.332 e. The van der Waals surface area contributed by atoms with Gasteiger partial charge in [0, 0.05) is 14.1 Å². The average Bonchev–Trinajstić information content (AvgIpc) is 2.20. The van der Waals surface area contributed by atoms with Crippen LogP contribution in [-0.2, 0) is 9.59 Å². The van der Waals surface area contributed by atoms with Crippen molar-refractivity contribution in [1.82, 2.24) is 9.80 Å². The molecule has 1 fully saturated rings. The maximum absolute atomic E-state index is 11.9. The van der Waals surface area contributed by atoms with E-state index in [0.29, 0.717) is 0 Å². The smallest absolute Gasteiger partial charge is 0.273 e. The van der Waals surface area contributed by atoms with Gasteiger partial charge in [-0.05, 0) is 12.8 Å². The highest BCUT2D eigenvalue weighted by atomic mass is 16.2. The molecule has 0 bridgehead atoms. The first kappa shape index (κ1) is 11.7. The lowest BCUT2D eigenvalue weighted by Crippen LogP contribution is -2.63. The first-order chi connectivity index (χ1) is 6.74. The van der Waals surface area contributed by atoms with Crippen molar-refractivity contribution in [2.45, 2.75) is 20.8 Å². The van der Waals surface area contributed by atoms with E-state index in [1.807, 2.05) is 0 Å². The van der Waals surface area contributed by atoms with Crippen molar-refractivity contribution < 1.29 is 14.4 Å². The summed E-state index contributed by atoms with van der Waals surface area (Å²) in [6, 6.07) is -0.567. The average molecular weight is 212 g/mol. The number of carbonyl (C=O) groups is 3. The first-order valence-corrected chi connectivity index (χ1v) is 4.84. The van der Waals surface area contributed by atoms with Crippen LogP contribution in [-0.4, -0.2) is 41.7 Å². The van der Waals surface area contributed by atoms with Crippen LogP contribution in [0, 0.1) is 11.3 Å². The maximum atomic E-state index is 11.9. The molecule has 5 heteroatoms. The SMILES string of the molecule is CC(C)C1(C)C(=O)N(C)C(=O)N(C)C1=O. The Labute approximate surface area is 89.0 Å². The molecule has 0 unspecified atom stereocenters. The van der Waals surface area contributed by atoms with E-state index in [1.54, 1.807) is 20.8 Å². The standard InChI is InChI=1S/C10H16N2O3/c1-6(2)10(3)7(13)11(4)9(15)12(5)8(10)14/h6H,1-5H3. The Kier molecular flexibility index (Phi) is 2.59. The van der Waals surface area contributed by atoms with Gasteiger partial charge in [0.25, 0.3) is 0 Å². The van der Waals surface area contributed by atoms with Crippen LogP contribution in [0.4, 0.5) is 4.79 Å². The predicted octanol–water partition coefficient (Wildman–Crippen LogP) is 0.699. The van der Waals surface area contributed by atoms with Crippen molar-refractivity contribution in [3.05, 3.63) is 0 Å². The molecule has 0 aromatic heterocycles. The third kappa shape index (κ3) is 1.33. The zero-order chi connectivity index (χ0) is 12.0. The lowest BCUT2D eigenvalue weighted by molar-refractivity contribution is -0.158. The summed E-state index contributed by atoms with van der Waals surface area (Å²) in [6.07, 6.45) is 0. The summed E-state index contributed by atoms with van der Waals surface area (Å²) in [6.45, 7) is 5.18. The van der Waals surface area contributed by atoms with E-state index in [-0.39, 0.29) is 5.92 Å². The number of nitrogens with zero attached hydrogens (tertiary/aromatic N) is 2. The molecule has 0 radical (unpaired) electrons. The normalized spacial score (nSPS) is 21.6. The van der Waals surface area contributed by atoms with Crippen molar-refractivity contribution >= 4 is 17.8 Å². The van der Waals surface area contributed by atoms with Gasteiger partial charge in [0.2, 0.25) is 11.8 Å². The second-order valence-electron chi connectivity index (χ2n) is 4.37. The Morgan fingerprint density at radius 1 is 1.00 bits per heavy atom. The number of barbiturate groups is 1. The Morgan fingerprint density at radius 2 is 1.33 bits per heavy atom. The minimum Gasteiger partial charge on any atom is -0.273 e. The summed E-state index contributed by atoms with van der Waals surface area (Å²) in [7, 11) is 2.79. The van der Waals surface area contributed by atoms with Crippen molar-refractivity contribution in [3.8, 4) is 0 Å². The van der Waals surface area contributed by atoms with E-state index in [9.17, 15) is 14.4 Å². The van der Waals surface area contributed by atoms with Crippen LogP contribution in [0.1, 0.15) is 20.8 Å². The van der Waals surface area contributed by atoms with Gasteiger partial charge < -0.3 is 0 Å². The van der Waals surface area contributed by atoms with Crippen molar-refractivity contribution in [2.75, 3.05) is 14.1 Å². The number of imide groups is 2. The van der Waals surface area contributed by atoms with Crippen molar-refractivity contribution in [2.24, 2.45) is 11.3 Å². The van der Waals surface area contributed by atoms with E-state index in [2.05, 4.69) is 0 Å². The van der Waals surface area contributed by atoms with Gasteiger partial charge in [0.1, 0.15) is 5.41 Å². The van der Waals surface area contributed by atoms with E-state index in [1.165, 1.54) is 14.1 Å². The fourth-order valence-electron chi connectivity index (χ4n) is 1.68. The van der Waals surface area contributed by atoms with Gasteiger partial charge in [0.15, 0.2) is 0 Å². The molecular weight excluding hydrogens is 196 g/mol. The molecule has 0 aromatic carbocycles. The summed E-state index contributed by atoms with van der Waals surface area (Å²) < 4.78 is 0. The number of urea groups is 1. The third-order valence-corrected chi connectivity index (χ3v) is 3.23. The predicted molar refractivity (Wildman–Crippen MR) is 53.9 cm³/mol. The highest BCUT2D eigenvalue weighted by molar-refractivity contribution is 6.18. The Morgan fingerprint density at radius 3 is 1.60 bits per heavy atom. The van der Waals surface area contributed by atoms with Gasteiger partial charge in [-0.1, -0.05) is 13.8 Å². The molecule has 1 aliphatic heterocycles. The van der Waals surface area contributed by atoms with Crippen LogP contribution in [0.5, 0.6) is 0 Å². The molecular formula is C10H16N2O3. The molecule has 5 nitrogen and oxygen atoms in total. The molecule has 0 atom stereocenters. The van der Waals surface area contributed by atoms with E-state index in [4.69, 9.17) is 0 Å². The summed E-state index contributed by atoms with van der Waals surface area (Å²) in [4.78, 5) is 37.3. The van der Waals surface area contributed by atoms with Crippen LogP contribution in [0.15, 0.2) is 0 Å². The zero-order valence-electron chi connectivity index (χ0n) is 9.70. The van der Waals surface area contributed by atoms with E-state index in [0.717, 1.165) is 9.80 Å². The van der Waals surface area contributed by atoms with Crippen LogP contribution in [0.3, 0.4) is 0 Å². The number of rotatable bonds is 1. The van der Waals surface area contributed by atoms with Gasteiger partial charge in [0.05, 0.1) is 0 Å². The van der Waals surface area contributed by atoms with Crippen LogP contribution < -0.4 is 0 Å². The first-order valence-electron chi connectivity index (χ1n) is 4.84. The third-order valence-electron chi connectivity index (χ3n) is 3.23. The van der Waals surface area contributed by atoms with E-state index >= 15 is 0 Å². The quantitative estimate of drug-likeness (QED) is 0.601. The molecule has 15 heavy (non-hydrogen) atoms. The number of hydrogen-bond acceptors (Lipinski definition) is 3. The molecule has 0 saturated carbocycles. The molecule has 1 rings (SSSR count). The van der Waals surface area contributed by atoms with Gasteiger partial charge in [-0.15, -0.1) is 0 Å². The molecule has 0 spiro atoms. The fourth-order valence-corrected chi connectivity index (χ4v) is 1.68. The summed E-state index contributed by atoms with van der Waals surface area (Å²) in [5.41, 5.74) is -1.13. The molecule has 4 amide bonds. The molecule has 0 aliphatic carbocycles. The summed E-state index contributed by atoms with van der Waals surface area (Å²) in [5.74, 6) is -0.994. The Bertz CT molecular complexity index is 312. The lowest BCUT2D eigenvalue weighted by Gasteiger charge is -2.41. The summed E-state index contributed by atoms with van der Waals surface area (Å²) in [5, 5.41) is 0. The van der Waals surface area contributed by atoms with Gasteiger partial charge in [-0.2, -0.15) is 0 Å². The maximum Gasteiger partial charge on any atom is 0.332 e. The van der Waals surface area contributed by atoms with Crippen molar-refractivity contribution in [1.29, 1.82) is 0 Å². The molecule has 84 valence electrons. The van der Waals surface area contributed by atoms with Crippen molar-refractivity contribution in [3.63, 3.8) is 0 Å². The number of carbonyl (C=O) groups excluding carboxylic acids is 3. The minimum atomic E-state index is -1.13. The van der Waals surface area contributed by atoms with Gasteiger partial charge >= 0.3 is 6.03 Å². The lowest BCUT2D eigenvalue weighted by atomic mass is 9.75. The highest BCUT2D eigenvalue weighted by Crippen LogP contribution is 2.34. The Balaban J connectivity index is 3.25. The van der Waals surface area contributed by atoms with E-state index < -0.39 is 23.3 Å². The van der Waals surface area contributed by atoms with Crippen LogP contribution >= 0.6 is 0 Å². The number of amides is 4. The van der Waals surface area contributed by atoms with Crippen LogP contribution in [0.2, 0.25) is 0 Å². The summed E-state index contributed by atoms with van der Waals surface area (Å²) >= 11 is 0. The molecule has 1 saturated heterocycles. The molecule has 1 aliphatic rings. The fraction of sp³-hybridized carbons (Fsp3) is 0.700. The Hall–Kier alpha value is -1.39. The zero-order valence-corrected chi connectivity index (χ0v) is 9.70. The van der Waals surface area contributed by atoms with Gasteiger partial charge in [-0.25, -0.2) is 4.79 Å². The number of hydrogen-bond donors (Lipinski definition) is 0. The molecule has 1 heterocycles. The van der Waals surface area contributed by atoms with Gasteiger partial charge in [-0.3, -0.25) is 19.4 Å². The molecule has 0 aromatic rings. The minimum absolute atomic E-state index is 0.143.